The lowest BCUT2D eigenvalue weighted by Crippen LogP contribution is -2.54. The van der Waals surface area contributed by atoms with Gasteiger partial charge >= 0.3 is 0 Å². The Morgan fingerprint density at radius 3 is 2.58 bits per heavy atom. The zero-order chi connectivity index (χ0) is 13.2. The molecule has 0 radical (unpaired) electrons. The Balaban J connectivity index is 1.58. The molecule has 108 valence electrons. The summed E-state index contributed by atoms with van der Waals surface area (Å²) in [4.78, 5) is 14.8. The number of hydrogen-bond donors (Lipinski definition) is 1. The smallest absolute Gasteiger partial charge is 0.239 e. The van der Waals surface area contributed by atoms with E-state index < -0.39 is 0 Å². The number of amides is 1. The zero-order valence-electron chi connectivity index (χ0n) is 12.2. The van der Waals surface area contributed by atoms with Crippen molar-refractivity contribution in [3.8, 4) is 0 Å². The lowest BCUT2D eigenvalue weighted by molar-refractivity contribution is -0.137. The Labute approximate surface area is 117 Å². The molecule has 3 nitrogen and oxygen atoms in total. The van der Waals surface area contributed by atoms with E-state index >= 15 is 0 Å². The molecule has 2 heterocycles. The van der Waals surface area contributed by atoms with Gasteiger partial charge in [0.2, 0.25) is 5.91 Å². The maximum absolute atomic E-state index is 12.6. The molecule has 1 N–H and O–H groups in total. The molecule has 1 amide bonds. The fraction of sp³-hybridized carbons (Fsp3) is 0.938. The predicted molar refractivity (Wildman–Crippen MR) is 76.9 cm³/mol. The van der Waals surface area contributed by atoms with E-state index in [9.17, 15) is 4.79 Å². The third-order valence-electron chi connectivity index (χ3n) is 5.52. The fourth-order valence-electron chi connectivity index (χ4n) is 4.35. The molecule has 0 aromatic carbocycles. The third kappa shape index (κ3) is 2.96. The number of nitrogens with one attached hydrogen (secondary N) is 1. The van der Waals surface area contributed by atoms with Crippen molar-refractivity contribution in [3.05, 3.63) is 0 Å². The first-order valence-electron chi connectivity index (χ1n) is 8.29. The van der Waals surface area contributed by atoms with Gasteiger partial charge < -0.3 is 10.2 Å². The lowest BCUT2D eigenvalue weighted by atomic mass is 9.75. The summed E-state index contributed by atoms with van der Waals surface area (Å²) >= 11 is 0. The van der Waals surface area contributed by atoms with Crippen molar-refractivity contribution < 1.29 is 4.79 Å². The molecule has 0 spiro atoms. The summed E-state index contributed by atoms with van der Waals surface area (Å²) in [6.07, 6.45) is 10.2. The van der Waals surface area contributed by atoms with Crippen LogP contribution in [-0.2, 0) is 4.79 Å². The molecule has 1 saturated carbocycles. The molecule has 2 saturated heterocycles. The second kappa shape index (κ2) is 5.82. The molecular formula is C16H28N2O. The monoisotopic (exact) mass is 264 g/mol. The minimum Gasteiger partial charge on any atom is -0.341 e. The Kier molecular flexibility index (Phi) is 4.11. The molecule has 0 bridgehead atoms. The van der Waals surface area contributed by atoms with Crippen LogP contribution in [0, 0.1) is 11.8 Å². The van der Waals surface area contributed by atoms with Crippen molar-refractivity contribution in [3.63, 3.8) is 0 Å². The second-order valence-electron chi connectivity index (χ2n) is 6.93. The van der Waals surface area contributed by atoms with Gasteiger partial charge in [0.15, 0.2) is 0 Å². The summed E-state index contributed by atoms with van der Waals surface area (Å²) in [7, 11) is 0. The van der Waals surface area contributed by atoms with E-state index in [1.54, 1.807) is 0 Å². The van der Waals surface area contributed by atoms with Crippen LogP contribution in [-0.4, -0.2) is 36.0 Å². The highest BCUT2D eigenvalue weighted by atomic mass is 16.2. The van der Waals surface area contributed by atoms with Crippen LogP contribution in [0.4, 0.5) is 0 Å². The quantitative estimate of drug-likeness (QED) is 0.789. The minimum absolute atomic E-state index is 0.101. The number of hydrogen-bond acceptors (Lipinski definition) is 2. The van der Waals surface area contributed by atoms with E-state index in [2.05, 4.69) is 17.1 Å². The Morgan fingerprint density at radius 1 is 1.00 bits per heavy atom. The summed E-state index contributed by atoms with van der Waals surface area (Å²) in [5, 5.41) is 3.49. The number of piperidine rings is 2. The molecule has 3 fully saturated rings. The van der Waals surface area contributed by atoms with Gasteiger partial charge in [0, 0.05) is 19.1 Å². The van der Waals surface area contributed by atoms with Crippen molar-refractivity contribution >= 4 is 5.91 Å². The molecule has 0 aromatic rings. The van der Waals surface area contributed by atoms with Crippen molar-refractivity contribution in [2.75, 3.05) is 13.1 Å². The van der Waals surface area contributed by atoms with Gasteiger partial charge in [-0.25, -0.2) is 0 Å². The summed E-state index contributed by atoms with van der Waals surface area (Å²) in [6, 6.07) is 0.610. The van der Waals surface area contributed by atoms with Gasteiger partial charge in [-0.15, -0.1) is 0 Å². The average molecular weight is 264 g/mol. The van der Waals surface area contributed by atoms with E-state index in [4.69, 9.17) is 0 Å². The van der Waals surface area contributed by atoms with Crippen molar-refractivity contribution in [2.24, 2.45) is 11.8 Å². The van der Waals surface area contributed by atoms with Gasteiger partial charge in [-0.05, 0) is 50.9 Å². The predicted octanol–water partition coefficient (Wildman–Crippen LogP) is 2.56. The molecule has 4 atom stereocenters. The van der Waals surface area contributed by atoms with Crippen LogP contribution in [0.5, 0.6) is 0 Å². The SMILES string of the molecule is CC1CCCC(C(=O)N2CCC3CCCCC3C2)N1. The molecule has 3 rings (SSSR count). The zero-order valence-corrected chi connectivity index (χ0v) is 12.2. The molecule has 3 aliphatic rings. The van der Waals surface area contributed by atoms with Crippen LogP contribution in [0.2, 0.25) is 0 Å². The largest absolute Gasteiger partial charge is 0.341 e. The normalized spacial score (nSPS) is 39.7. The van der Waals surface area contributed by atoms with Crippen molar-refractivity contribution in [2.45, 2.75) is 70.4 Å². The molecule has 2 aliphatic heterocycles. The van der Waals surface area contributed by atoms with Crippen LogP contribution in [0.25, 0.3) is 0 Å². The number of carbonyl (C=O) groups is 1. The number of fused-ring (bicyclic) bond motifs is 1. The fourth-order valence-corrected chi connectivity index (χ4v) is 4.35. The molecule has 4 unspecified atom stereocenters. The first kappa shape index (κ1) is 13.4. The van der Waals surface area contributed by atoms with Crippen molar-refractivity contribution in [1.82, 2.24) is 10.2 Å². The maximum atomic E-state index is 12.6. The Hall–Kier alpha value is -0.570. The highest BCUT2D eigenvalue weighted by molar-refractivity contribution is 5.82. The summed E-state index contributed by atoms with van der Waals surface area (Å²) in [6.45, 7) is 4.25. The topological polar surface area (TPSA) is 32.3 Å². The first-order valence-corrected chi connectivity index (χ1v) is 8.29. The van der Waals surface area contributed by atoms with Gasteiger partial charge in [-0.2, -0.15) is 0 Å². The summed E-state index contributed by atoms with van der Waals surface area (Å²) in [5.41, 5.74) is 0. The van der Waals surface area contributed by atoms with E-state index in [-0.39, 0.29) is 6.04 Å². The van der Waals surface area contributed by atoms with E-state index in [0.29, 0.717) is 11.9 Å². The number of rotatable bonds is 1. The van der Waals surface area contributed by atoms with Crippen LogP contribution in [0.15, 0.2) is 0 Å². The first-order chi connectivity index (χ1) is 9.24. The average Bonchev–Trinajstić information content (AvgIpc) is 2.46. The second-order valence-corrected chi connectivity index (χ2v) is 6.93. The summed E-state index contributed by atoms with van der Waals surface area (Å²) < 4.78 is 0. The lowest BCUT2D eigenvalue weighted by Gasteiger charge is -2.43. The van der Waals surface area contributed by atoms with Crippen molar-refractivity contribution in [1.29, 1.82) is 0 Å². The van der Waals surface area contributed by atoms with Crippen LogP contribution in [0.3, 0.4) is 0 Å². The maximum Gasteiger partial charge on any atom is 0.239 e. The number of carbonyl (C=O) groups excluding carboxylic acids is 1. The Bertz CT molecular complexity index is 331. The Morgan fingerprint density at radius 2 is 1.79 bits per heavy atom. The molecule has 0 aromatic heterocycles. The van der Waals surface area contributed by atoms with E-state index in [0.717, 1.165) is 31.3 Å². The molecule has 1 aliphatic carbocycles. The molecular weight excluding hydrogens is 236 g/mol. The van der Waals surface area contributed by atoms with Crippen LogP contribution >= 0.6 is 0 Å². The van der Waals surface area contributed by atoms with Gasteiger partial charge in [0.25, 0.3) is 0 Å². The highest BCUT2D eigenvalue weighted by Gasteiger charge is 2.35. The van der Waals surface area contributed by atoms with Crippen LogP contribution in [0.1, 0.15) is 58.3 Å². The van der Waals surface area contributed by atoms with E-state index in [1.165, 1.54) is 44.9 Å². The van der Waals surface area contributed by atoms with Gasteiger partial charge in [0.1, 0.15) is 0 Å². The highest BCUT2D eigenvalue weighted by Crippen LogP contribution is 2.36. The molecule has 3 heteroatoms. The van der Waals surface area contributed by atoms with Crippen LogP contribution < -0.4 is 5.32 Å². The number of likely N-dealkylation sites (tertiary alicyclic amines) is 1. The van der Waals surface area contributed by atoms with E-state index in [1.807, 2.05) is 0 Å². The summed E-state index contributed by atoms with van der Waals surface area (Å²) in [5.74, 6) is 2.10. The van der Waals surface area contributed by atoms with Gasteiger partial charge in [-0.3, -0.25) is 4.79 Å². The standard InChI is InChI=1S/C16H28N2O/c1-12-5-4-8-15(17-12)16(19)18-10-9-13-6-2-3-7-14(13)11-18/h12-15,17H,2-11H2,1H3. The number of nitrogens with zero attached hydrogens (tertiary/aromatic N) is 1. The van der Waals surface area contributed by atoms with Gasteiger partial charge in [0.05, 0.1) is 6.04 Å². The molecule has 19 heavy (non-hydrogen) atoms. The minimum atomic E-state index is 0.101. The third-order valence-corrected chi connectivity index (χ3v) is 5.52. The van der Waals surface area contributed by atoms with Gasteiger partial charge in [-0.1, -0.05) is 19.3 Å².